The summed E-state index contributed by atoms with van der Waals surface area (Å²) < 4.78 is 15.2. The van der Waals surface area contributed by atoms with E-state index in [0.717, 1.165) is 30.6 Å². The first kappa shape index (κ1) is 21.7. The molecule has 1 fully saturated rings. The van der Waals surface area contributed by atoms with Crippen molar-refractivity contribution in [3.63, 3.8) is 0 Å². The lowest BCUT2D eigenvalue weighted by Gasteiger charge is -2.14. The number of halogens is 3. The highest BCUT2D eigenvalue weighted by Crippen LogP contribution is 2.26. The summed E-state index contributed by atoms with van der Waals surface area (Å²) in [7, 11) is 1.90. The predicted molar refractivity (Wildman–Crippen MR) is 102 cm³/mol. The first-order valence-electron chi connectivity index (χ1n) is 8.17. The molecule has 5 nitrogen and oxygen atoms in total. The number of imidazole rings is 1. The van der Waals surface area contributed by atoms with Gasteiger partial charge >= 0.3 is 0 Å². The molecule has 1 heterocycles. The van der Waals surface area contributed by atoms with Crippen LogP contribution in [0, 0.1) is 11.7 Å². The lowest BCUT2D eigenvalue weighted by atomic mass is 10.00. The zero-order valence-electron chi connectivity index (χ0n) is 14.2. The average molecular weight is 391 g/mol. The molecule has 0 saturated heterocycles. The van der Waals surface area contributed by atoms with Crippen molar-refractivity contribution < 1.29 is 9.18 Å². The van der Waals surface area contributed by atoms with Crippen molar-refractivity contribution >= 4 is 41.8 Å². The van der Waals surface area contributed by atoms with E-state index in [9.17, 15) is 9.18 Å². The molecule has 1 aromatic carbocycles. The highest BCUT2D eigenvalue weighted by molar-refractivity contribution is 5.85. The summed E-state index contributed by atoms with van der Waals surface area (Å²) in [6.07, 6.45) is 4.32. The summed E-state index contributed by atoms with van der Waals surface area (Å²) in [5.74, 6) is 0.915. The molecule has 1 aliphatic rings. The van der Waals surface area contributed by atoms with Gasteiger partial charge in [0.2, 0.25) is 5.91 Å². The minimum absolute atomic E-state index is 0. The first-order valence-corrected chi connectivity index (χ1v) is 8.17. The van der Waals surface area contributed by atoms with Crippen LogP contribution in [-0.4, -0.2) is 28.0 Å². The monoisotopic (exact) mass is 390 g/mol. The number of hydrogen-bond donors (Lipinski definition) is 2. The highest BCUT2D eigenvalue weighted by atomic mass is 35.5. The normalized spacial score (nSPS) is 19.3. The third-order valence-electron chi connectivity index (χ3n) is 4.77. The lowest BCUT2D eigenvalue weighted by molar-refractivity contribution is -0.122. The molecule has 25 heavy (non-hydrogen) atoms. The van der Waals surface area contributed by atoms with Gasteiger partial charge in [0.15, 0.2) is 0 Å². The van der Waals surface area contributed by atoms with Gasteiger partial charge in [-0.2, -0.15) is 0 Å². The zero-order valence-corrected chi connectivity index (χ0v) is 15.8. The fraction of sp³-hybridized carbons (Fsp3) is 0.529. The molecule has 1 saturated carbocycles. The van der Waals surface area contributed by atoms with Crippen molar-refractivity contribution in [2.45, 2.75) is 38.1 Å². The minimum atomic E-state index is -0.289. The van der Waals surface area contributed by atoms with Crippen molar-refractivity contribution in [1.82, 2.24) is 14.9 Å². The quantitative estimate of drug-likeness (QED) is 0.823. The Morgan fingerprint density at radius 1 is 1.40 bits per heavy atom. The number of amides is 1. The molecule has 3 N–H and O–H groups in total. The van der Waals surface area contributed by atoms with E-state index in [1.165, 1.54) is 12.1 Å². The van der Waals surface area contributed by atoms with E-state index in [0.29, 0.717) is 30.8 Å². The highest BCUT2D eigenvalue weighted by Gasteiger charge is 2.25. The fourth-order valence-corrected chi connectivity index (χ4v) is 3.39. The Morgan fingerprint density at radius 3 is 2.84 bits per heavy atom. The maximum absolute atomic E-state index is 13.2. The maximum Gasteiger partial charge on any atom is 0.220 e. The van der Waals surface area contributed by atoms with Crippen molar-refractivity contribution in [2.75, 3.05) is 6.54 Å². The van der Waals surface area contributed by atoms with Crippen LogP contribution in [0.3, 0.4) is 0 Å². The van der Waals surface area contributed by atoms with Crippen molar-refractivity contribution in [1.29, 1.82) is 0 Å². The number of nitrogens with two attached hydrogens (primary N) is 1. The number of carbonyl (C=O) groups is 1. The first-order chi connectivity index (χ1) is 11.0. The number of carbonyl (C=O) groups excluding carboxylic acids is 1. The van der Waals surface area contributed by atoms with Crippen molar-refractivity contribution in [3.05, 3.63) is 29.8 Å². The van der Waals surface area contributed by atoms with E-state index in [1.54, 1.807) is 6.07 Å². The topological polar surface area (TPSA) is 72.9 Å². The van der Waals surface area contributed by atoms with Gasteiger partial charge in [0.25, 0.3) is 0 Å². The van der Waals surface area contributed by atoms with E-state index in [4.69, 9.17) is 5.73 Å². The van der Waals surface area contributed by atoms with E-state index in [1.807, 2.05) is 11.6 Å². The number of fused-ring (bicyclic) bond motifs is 1. The minimum Gasteiger partial charge on any atom is -0.356 e. The molecule has 1 aromatic heterocycles. The summed E-state index contributed by atoms with van der Waals surface area (Å²) in [5.41, 5.74) is 7.54. The van der Waals surface area contributed by atoms with E-state index in [2.05, 4.69) is 10.3 Å². The standard InChI is InChI=1S/C17H23FN4O.2ClH/c1-22-15-6-5-12(18)10-14(15)21-16(22)7-8-20-17(23)9-11-3-2-4-13(11)19;;/h5-6,10-11,13H,2-4,7-9,19H2,1H3,(H,20,23);2*1H/t11-,13+;;/m0../s1. The lowest BCUT2D eigenvalue weighted by Crippen LogP contribution is -2.32. The molecule has 0 spiro atoms. The number of rotatable bonds is 5. The van der Waals surface area contributed by atoms with Gasteiger partial charge in [-0.15, -0.1) is 24.8 Å². The fourth-order valence-electron chi connectivity index (χ4n) is 3.39. The van der Waals surface area contributed by atoms with Gasteiger partial charge in [0.1, 0.15) is 11.6 Å². The molecule has 2 atom stereocenters. The molecule has 140 valence electrons. The zero-order chi connectivity index (χ0) is 16.4. The molecule has 8 heteroatoms. The van der Waals surface area contributed by atoms with Crippen molar-refractivity contribution in [2.24, 2.45) is 18.7 Å². The van der Waals surface area contributed by atoms with Gasteiger partial charge in [-0.25, -0.2) is 9.37 Å². The van der Waals surface area contributed by atoms with Gasteiger partial charge in [-0.05, 0) is 30.9 Å². The number of nitrogens with one attached hydrogen (secondary N) is 1. The molecule has 0 aliphatic heterocycles. The van der Waals surface area contributed by atoms with Crippen LogP contribution in [0.1, 0.15) is 31.5 Å². The van der Waals surface area contributed by atoms with Crippen LogP contribution in [0.2, 0.25) is 0 Å². The number of benzene rings is 1. The van der Waals surface area contributed by atoms with Crippen LogP contribution in [0.15, 0.2) is 18.2 Å². The molecular weight excluding hydrogens is 366 g/mol. The Hall–Kier alpha value is -1.37. The maximum atomic E-state index is 13.2. The van der Waals surface area contributed by atoms with Crippen LogP contribution in [-0.2, 0) is 18.3 Å². The number of aromatic nitrogens is 2. The Balaban J connectivity index is 0.00000156. The van der Waals surface area contributed by atoms with Gasteiger partial charge in [0.05, 0.1) is 11.0 Å². The Bertz CT molecular complexity index is 722. The van der Waals surface area contributed by atoms with Crippen LogP contribution in [0.25, 0.3) is 11.0 Å². The second-order valence-corrected chi connectivity index (χ2v) is 6.38. The molecule has 3 rings (SSSR count). The SMILES string of the molecule is Cl.Cl.Cn1c(CCNC(=O)C[C@@H]2CCC[C@H]2N)nc2cc(F)ccc21. The molecule has 2 aromatic rings. The number of nitrogens with zero attached hydrogens (tertiary/aromatic N) is 2. The number of hydrogen-bond acceptors (Lipinski definition) is 3. The largest absolute Gasteiger partial charge is 0.356 e. The summed E-state index contributed by atoms with van der Waals surface area (Å²) >= 11 is 0. The Labute approximate surface area is 159 Å². The molecular formula is C17H25Cl2FN4O. The third kappa shape index (κ3) is 5.06. The predicted octanol–water partition coefficient (Wildman–Crippen LogP) is 2.73. The Kier molecular flexibility index (Phi) is 8.12. The number of aryl methyl sites for hydroxylation is 1. The second-order valence-electron chi connectivity index (χ2n) is 6.38. The van der Waals surface area contributed by atoms with Crippen LogP contribution in [0.5, 0.6) is 0 Å². The van der Waals surface area contributed by atoms with Crippen LogP contribution in [0.4, 0.5) is 4.39 Å². The summed E-state index contributed by atoms with van der Waals surface area (Å²) in [6.45, 7) is 0.528. The molecule has 1 amide bonds. The molecule has 0 unspecified atom stereocenters. The summed E-state index contributed by atoms with van der Waals surface area (Å²) in [4.78, 5) is 16.4. The van der Waals surface area contributed by atoms with Crippen LogP contribution >= 0.6 is 24.8 Å². The molecule has 0 radical (unpaired) electrons. The second kappa shape index (κ2) is 9.36. The summed E-state index contributed by atoms with van der Waals surface area (Å²) in [5, 5.41) is 2.94. The van der Waals surface area contributed by atoms with Gasteiger partial charge in [0, 0.05) is 38.5 Å². The van der Waals surface area contributed by atoms with Gasteiger partial charge in [-0.1, -0.05) is 6.42 Å². The smallest absolute Gasteiger partial charge is 0.220 e. The van der Waals surface area contributed by atoms with E-state index >= 15 is 0 Å². The van der Waals surface area contributed by atoms with Gasteiger partial charge in [-0.3, -0.25) is 4.79 Å². The van der Waals surface area contributed by atoms with Crippen molar-refractivity contribution in [3.8, 4) is 0 Å². The van der Waals surface area contributed by atoms with E-state index < -0.39 is 0 Å². The van der Waals surface area contributed by atoms with Gasteiger partial charge < -0.3 is 15.6 Å². The summed E-state index contributed by atoms with van der Waals surface area (Å²) in [6, 6.07) is 4.75. The third-order valence-corrected chi connectivity index (χ3v) is 4.77. The average Bonchev–Trinajstić information content (AvgIpc) is 3.03. The Morgan fingerprint density at radius 2 is 2.16 bits per heavy atom. The molecule has 0 bridgehead atoms. The van der Waals surface area contributed by atoms with E-state index in [-0.39, 0.29) is 42.6 Å². The molecule has 1 aliphatic carbocycles. The van der Waals surface area contributed by atoms with Crippen LogP contribution < -0.4 is 11.1 Å².